The molecule has 2 unspecified atom stereocenters. The number of urea groups is 1. The van der Waals surface area contributed by atoms with E-state index in [1.165, 1.54) is 11.3 Å². The van der Waals surface area contributed by atoms with Crippen LogP contribution in [0.15, 0.2) is 42.5 Å². The second kappa shape index (κ2) is 11.0. The summed E-state index contributed by atoms with van der Waals surface area (Å²) in [6, 6.07) is 11.7. The summed E-state index contributed by atoms with van der Waals surface area (Å²) in [6.45, 7) is 1.71. The molecule has 38 heavy (non-hydrogen) atoms. The molecule has 4 amide bonds. The van der Waals surface area contributed by atoms with E-state index in [0.29, 0.717) is 35.1 Å². The third-order valence-corrected chi connectivity index (χ3v) is 7.49. The number of fused-ring (bicyclic) bond motifs is 1. The Labute approximate surface area is 220 Å². The van der Waals surface area contributed by atoms with E-state index in [1.807, 2.05) is 19.1 Å². The van der Waals surface area contributed by atoms with Crippen molar-refractivity contribution in [1.82, 2.24) is 25.9 Å². The molecule has 2 aromatic carbocycles. The van der Waals surface area contributed by atoms with Crippen LogP contribution in [0.1, 0.15) is 55.6 Å². The second-order valence-corrected chi connectivity index (χ2v) is 10.2. The van der Waals surface area contributed by atoms with E-state index in [1.54, 1.807) is 24.3 Å². The van der Waals surface area contributed by atoms with E-state index in [0.717, 1.165) is 36.8 Å². The van der Waals surface area contributed by atoms with Gasteiger partial charge in [0, 0.05) is 16.9 Å². The van der Waals surface area contributed by atoms with Gasteiger partial charge < -0.3 is 21.3 Å². The first-order valence-corrected chi connectivity index (χ1v) is 13.0. The first-order valence-electron chi connectivity index (χ1n) is 13.0. The highest BCUT2D eigenvalue weighted by atomic mass is 16.2. The molecule has 0 spiro atoms. The summed E-state index contributed by atoms with van der Waals surface area (Å²) in [6.07, 6.45) is 6.11. The van der Waals surface area contributed by atoms with E-state index in [9.17, 15) is 14.4 Å². The summed E-state index contributed by atoms with van der Waals surface area (Å²) in [5.74, 6) is -0.0864. The maximum atomic E-state index is 13.8. The molecule has 1 aromatic heterocycles. The SMILES string of the molecule is Cc1ccc2c(c1)N(CC(N)=O)C(=O)C(NC(=O)Nc1cccc(-c3nn[nH]n3)c1)CC2C1CCCCC1. The van der Waals surface area contributed by atoms with Gasteiger partial charge in [-0.2, -0.15) is 5.21 Å². The average Bonchev–Trinajstić information content (AvgIpc) is 3.42. The van der Waals surface area contributed by atoms with Gasteiger partial charge in [0.05, 0.1) is 0 Å². The first-order chi connectivity index (χ1) is 18.4. The predicted molar refractivity (Wildman–Crippen MR) is 142 cm³/mol. The Morgan fingerprint density at radius 1 is 1.13 bits per heavy atom. The Hall–Kier alpha value is -4.28. The maximum Gasteiger partial charge on any atom is 0.319 e. The Morgan fingerprint density at radius 3 is 2.68 bits per heavy atom. The molecule has 11 nitrogen and oxygen atoms in total. The number of nitrogens with one attached hydrogen (secondary N) is 3. The van der Waals surface area contributed by atoms with Gasteiger partial charge in [0.1, 0.15) is 12.6 Å². The number of carbonyl (C=O) groups excluding carboxylic acids is 3. The van der Waals surface area contributed by atoms with Gasteiger partial charge >= 0.3 is 6.03 Å². The zero-order chi connectivity index (χ0) is 26.6. The number of hydrogen-bond acceptors (Lipinski definition) is 6. The Morgan fingerprint density at radius 2 is 1.95 bits per heavy atom. The van der Waals surface area contributed by atoms with Crippen molar-refractivity contribution < 1.29 is 14.4 Å². The van der Waals surface area contributed by atoms with E-state index in [2.05, 4.69) is 37.3 Å². The molecule has 2 aliphatic rings. The fourth-order valence-corrected chi connectivity index (χ4v) is 5.76. The minimum Gasteiger partial charge on any atom is -0.368 e. The molecule has 1 fully saturated rings. The summed E-state index contributed by atoms with van der Waals surface area (Å²) < 4.78 is 0. The van der Waals surface area contributed by atoms with Crippen molar-refractivity contribution in [2.24, 2.45) is 11.7 Å². The first kappa shape index (κ1) is 25.4. The number of aryl methyl sites for hydroxylation is 1. The molecule has 5 rings (SSSR count). The molecule has 1 aliphatic heterocycles. The summed E-state index contributed by atoms with van der Waals surface area (Å²) in [4.78, 5) is 40.4. The Kier molecular flexibility index (Phi) is 7.34. The van der Waals surface area contributed by atoms with Crippen molar-refractivity contribution in [3.8, 4) is 11.4 Å². The van der Waals surface area contributed by atoms with Crippen LogP contribution < -0.4 is 21.3 Å². The molecule has 198 valence electrons. The lowest BCUT2D eigenvalue weighted by Crippen LogP contribution is -2.51. The zero-order valence-electron chi connectivity index (χ0n) is 21.3. The van der Waals surface area contributed by atoms with Crippen molar-refractivity contribution in [2.45, 2.75) is 57.4 Å². The molecule has 0 bridgehead atoms. The fraction of sp³-hybridized carbons (Fsp3) is 0.407. The number of benzene rings is 2. The number of amides is 4. The number of hydrogen-bond donors (Lipinski definition) is 4. The van der Waals surface area contributed by atoms with Crippen molar-refractivity contribution >= 4 is 29.2 Å². The van der Waals surface area contributed by atoms with Crippen LogP contribution in [-0.2, 0) is 9.59 Å². The van der Waals surface area contributed by atoms with Crippen molar-refractivity contribution in [3.63, 3.8) is 0 Å². The number of carbonyl (C=O) groups is 3. The minimum atomic E-state index is -0.825. The highest BCUT2D eigenvalue weighted by Crippen LogP contribution is 2.44. The summed E-state index contributed by atoms with van der Waals surface area (Å²) in [5.41, 5.74) is 9.49. The van der Waals surface area contributed by atoms with Crippen LogP contribution in [0.4, 0.5) is 16.2 Å². The van der Waals surface area contributed by atoms with Crippen LogP contribution in [0.5, 0.6) is 0 Å². The van der Waals surface area contributed by atoms with Crippen LogP contribution in [0.25, 0.3) is 11.4 Å². The van der Waals surface area contributed by atoms with Gasteiger partial charge in [-0.15, -0.1) is 10.2 Å². The minimum absolute atomic E-state index is 0.0691. The quantitative estimate of drug-likeness (QED) is 0.394. The number of anilines is 2. The van der Waals surface area contributed by atoms with Crippen LogP contribution in [0.2, 0.25) is 0 Å². The van der Waals surface area contributed by atoms with E-state index in [-0.39, 0.29) is 18.4 Å². The van der Waals surface area contributed by atoms with E-state index < -0.39 is 18.0 Å². The van der Waals surface area contributed by atoms with Crippen molar-refractivity contribution in [1.29, 1.82) is 0 Å². The average molecular weight is 517 g/mol. The lowest BCUT2D eigenvalue weighted by atomic mass is 9.74. The highest BCUT2D eigenvalue weighted by molar-refractivity contribution is 6.05. The third kappa shape index (κ3) is 5.51. The van der Waals surface area contributed by atoms with Gasteiger partial charge in [-0.05, 0) is 72.6 Å². The highest BCUT2D eigenvalue weighted by Gasteiger charge is 2.39. The van der Waals surface area contributed by atoms with Crippen LogP contribution in [-0.4, -0.2) is 51.1 Å². The number of aromatic amines is 1. The molecule has 3 aromatic rings. The van der Waals surface area contributed by atoms with E-state index >= 15 is 0 Å². The van der Waals surface area contributed by atoms with Gasteiger partial charge in [0.15, 0.2) is 0 Å². The topological polar surface area (TPSA) is 159 Å². The van der Waals surface area contributed by atoms with Gasteiger partial charge in [-0.1, -0.05) is 43.5 Å². The standard InChI is InChI=1S/C27H32N8O3/c1-16-10-11-20-21(17-6-3-2-4-7-17)14-22(26(37)35(15-24(28)36)23(20)12-16)30-27(38)29-19-9-5-8-18(13-19)25-31-33-34-32-25/h5,8-13,17,21-22H,2-4,6-7,14-15H2,1H3,(H2,28,36)(H2,29,30,38)(H,31,32,33,34). The normalized spacial score (nSPS) is 19.9. The summed E-state index contributed by atoms with van der Waals surface area (Å²) in [7, 11) is 0. The van der Waals surface area contributed by atoms with Crippen molar-refractivity contribution in [2.75, 3.05) is 16.8 Å². The number of nitrogens with zero attached hydrogens (tertiary/aromatic N) is 4. The van der Waals surface area contributed by atoms with Crippen LogP contribution >= 0.6 is 0 Å². The maximum absolute atomic E-state index is 13.8. The molecular formula is C27H32N8O3. The predicted octanol–water partition coefficient (Wildman–Crippen LogP) is 3.25. The molecule has 0 saturated heterocycles. The molecular weight excluding hydrogens is 484 g/mol. The smallest absolute Gasteiger partial charge is 0.319 e. The lowest BCUT2D eigenvalue weighted by Gasteiger charge is -2.32. The van der Waals surface area contributed by atoms with Crippen molar-refractivity contribution in [3.05, 3.63) is 53.6 Å². The zero-order valence-corrected chi connectivity index (χ0v) is 21.3. The molecule has 0 radical (unpaired) electrons. The number of tetrazole rings is 1. The van der Waals surface area contributed by atoms with Crippen LogP contribution in [0.3, 0.4) is 0 Å². The fourth-order valence-electron chi connectivity index (χ4n) is 5.76. The molecule has 2 heterocycles. The van der Waals surface area contributed by atoms with Gasteiger partial charge in [0.25, 0.3) is 0 Å². The van der Waals surface area contributed by atoms with Crippen LogP contribution in [0, 0.1) is 12.8 Å². The number of nitrogens with two attached hydrogens (primary N) is 1. The second-order valence-electron chi connectivity index (χ2n) is 10.2. The molecule has 1 aliphatic carbocycles. The molecule has 1 saturated carbocycles. The summed E-state index contributed by atoms with van der Waals surface area (Å²) in [5, 5.41) is 19.6. The lowest BCUT2D eigenvalue weighted by molar-refractivity contribution is -0.123. The van der Waals surface area contributed by atoms with E-state index in [4.69, 9.17) is 5.73 Å². The van der Waals surface area contributed by atoms with Gasteiger partial charge in [-0.25, -0.2) is 4.79 Å². The Balaban J connectivity index is 1.42. The monoisotopic (exact) mass is 516 g/mol. The number of rotatable bonds is 6. The summed E-state index contributed by atoms with van der Waals surface area (Å²) >= 11 is 0. The molecule has 5 N–H and O–H groups in total. The Bertz CT molecular complexity index is 1320. The largest absolute Gasteiger partial charge is 0.368 e. The number of primary amides is 1. The van der Waals surface area contributed by atoms with Gasteiger partial charge in [0.2, 0.25) is 17.6 Å². The number of H-pyrrole nitrogens is 1. The van der Waals surface area contributed by atoms with Gasteiger partial charge in [-0.3, -0.25) is 9.59 Å². The number of aromatic nitrogens is 4. The molecule has 11 heteroatoms. The molecule has 2 atom stereocenters. The third-order valence-electron chi connectivity index (χ3n) is 7.49.